The molecule has 0 atom stereocenters. The van der Waals surface area contributed by atoms with Crippen LogP contribution in [-0.2, 0) is 28.2 Å². The Morgan fingerprint density at radius 1 is 1.15 bits per heavy atom. The Kier molecular flexibility index (Phi) is 5.91. The van der Waals surface area contributed by atoms with Gasteiger partial charge in [0.15, 0.2) is 0 Å². The lowest BCUT2D eigenvalue weighted by Crippen LogP contribution is -2.19. The Bertz CT molecular complexity index is 886. The molecule has 5 nitrogen and oxygen atoms in total. The molecule has 0 N–H and O–H groups in total. The number of nitrogens with zero attached hydrogens (tertiary/aromatic N) is 1. The topological polar surface area (TPSA) is 63.7 Å². The van der Waals surface area contributed by atoms with Crippen molar-refractivity contribution in [1.29, 1.82) is 0 Å². The van der Waals surface area contributed by atoms with Crippen molar-refractivity contribution in [2.24, 2.45) is 0 Å². The number of thiol groups is 1. The van der Waals surface area contributed by atoms with E-state index in [4.69, 9.17) is 0 Å². The molecule has 0 spiro atoms. The SMILES string of the molecule is CCc1c(N(c2cccc(C(=O)OC)c2)[SH](=O)=O)cccc1C(F)(F)F. The molecular weight excluding hydrogens is 371 g/mol. The molecule has 2 rings (SSSR count). The van der Waals surface area contributed by atoms with Gasteiger partial charge < -0.3 is 4.74 Å². The van der Waals surface area contributed by atoms with Gasteiger partial charge in [0, 0.05) is 0 Å². The van der Waals surface area contributed by atoms with Crippen LogP contribution in [0.1, 0.15) is 28.4 Å². The van der Waals surface area contributed by atoms with Gasteiger partial charge in [0.05, 0.1) is 29.6 Å². The third-order valence-electron chi connectivity index (χ3n) is 3.71. The quantitative estimate of drug-likeness (QED) is 0.627. The van der Waals surface area contributed by atoms with Crippen LogP contribution in [-0.4, -0.2) is 21.5 Å². The highest BCUT2D eigenvalue weighted by Gasteiger charge is 2.34. The molecule has 140 valence electrons. The van der Waals surface area contributed by atoms with Gasteiger partial charge in [-0.25, -0.2) is 17.5 Å². The molecule has 26 heavy (non-hydrogen) atoms. The van der Waals surface area contributed by atoms with Crippen LogP contribution >= 0.6 is 0 Å². The van der Waals surface area contributed by atoms with Crippen LogP contribution < -0.4 is 4.31 Å². The molecule has 0 aromatic heterocycles. The Balaban J connectivity index is 2.69. The van der Waals surface area contributed by atoms with Gasteiger partial charge in [-0.1, -0.05) is 19.1 Å². The molecule has 0 saturated carbocycles. The maximum Gasteiger partial charge on any atom is 0.416 e. The number of alkyl halides is 3. The molecule has 0 amide bonds. The second-order valence-electron chi connectivity index (χ2n) is 5.25. The standard InChI is InChI=1S/C17H16F3NO4S/c1-3-13-14(17(18,19)20)8-5-9-15(13)21(26(23)24)12-7-4-6-11(10-12)16(22)25-2/h4-10,26H,3H2,1-2H3. The van der Waals surface area contributed by atoms with Crippen molar-refractivity contribution in [3.8, 4) is 0 Å². The number of ether oxygens (including phenoxy) is 1. The first kappa shape index (κ1) is 19.8. The second-order valence-corrected chi connectivity index (χ2v) is 6.12. The minimum Gasteiger partial charge on any atom is -0.465 e. The average Bonchev–Trinajstić information content (AvgIpc) is 2.60. The van der Waals surface area contributed by atoms with Crippen LogP contribution in [0.5, 0.6) is 0 Å². The summed E-state index contributed by atoms with van der Waals surface area (Å²) in [4.78, 5) is 11.7. The van der Waals surface area contributed by atoms with Crippen LogP contribution in [0, 0.1) is 0 Å². The van der Waals surface area contributed by atoms with Crippen LogP contribution in [0.3, 0.4) is 0 Å². The van der Waals surface area contributed by atoms with Gasteiger partial charge >= 0.3 is 12.1 Å². The van der Waals surface area contributed by atoms with E-state index in [1.807, 2.05) is 0 Å². The highest BCUT2D eigenvalue weighted by atomic mass is 32.2. The minimum atomic E-state index is -4.62. The van der Waals surface area contributed by atoms with Crippen LogP contribution in [0.4, 0.5) is 24.5 Å². The van der Waals surface area contributed by atoms with E-state index in [9.17, 15) is 26.4 Å². The Labute approximate surface area is 150 Å². The summed E-state index contributed by atoms with van der Waals surface area (Å²) < 4.78 is 68.8. The third kappa shape index (κ3) is 3.98. The predicted molar refractivity (Wildman–Crippen MR) is 91.1 cm³/mol. The van der Waals surface area contributed by atoms with Gasteiger partial charge in [-0.3, -0.25) is 0 Å². The summed E-state index contributed by atoms with van der Waals surface area (Å²) in [6, 6.07) is 8.82. The minimum absolute atomic E-state index is 0.0264. The number of esters is 1. The smallest absolute Gasteiger partial charge is 0.416 e. The number of anilines is 2. The molecule has 0 heterocycles. The van der Waals surface area contributed by atoms with Gasteiger partial charge in [-0.05, 0) is 42.3 Å². The first-order valence-electron chi connectivity index (χ1n) is 7.52. The monoisotopic (exact) mass is 387 g/mol. The van der Waals surface area contributed by atoms with Crippen LogP contribution in [0.2, 0.25) is 0 Å². The number of hydrogen-bond donors (Lipinski definition) is 1. The van der Waals surface area contributed by atoms with Gasteiger partial charge in [0.1, 0.15) is 0 Å². The van der Waals surface area contributed by atoms with E-state index < -0.39 is 28.6 Å². The van der Waals surface area contributed by atoms with Crippen molar-refractivity contribution < 1.29 is 31.1 Å². The molecule has 0 aliphatic heterocycles. The highest BCUT2D eigenvalue weighted by molar-refractivity contribution is 7.74. The van der Waals surface area contributed by atoms with E-state index in [1.54, 1.807) is 0 Å². The van der Waals surface area contributed by atoms with Crippen molar-refractivity contribution in [3.63, 3.8) is 0 Å². The summed E-state index contributed by atoms with van der Waals surface area (Å²) in [6.45, 7) is 1.51. The molecule has 0 bridgehead atoms. The highest BCUT2D eigenvalue weighted by Crippen LogP contribution is 2.38. The first-order chi connectivity index (χ1) is 12.2. The maximum absolute atomic E-state index is 13.3. The number of hydrogen-bond acceptors (Lipinski definition) is 4. The first-order valence-corrected chi connectivity index (χ1v) is 8.65. The number of benzene rings is 2. The van der Waals surface area contributed by atoms with Crippen molar-refractivity contribution >= 4 is 28.2 Å². The van der Waals surface area contributed by atoms with E-state index in [0.29, 0.717) is 0 Å². The van der Waals surface area contributed by atoms with E-state index in [0.717, 1.165) is 16.4 Å². The molecule has 9 heteroatoms. The molecule has 2 aromatic rings. The fourth-order valence-electron chi connectivity index (χ4n) is 2.61. The van der Waals surface area contributed by atoms with E-state index in [1.165, 1.54) is 44.4 Å². The second kappa shape index (κ2) is 7.77. The summed E-state index contributed by atoms with van der Waals surface area (Å²) in [6.07, 6.45) is -4.64. The maximum atomic E-state index is 13.3. The molecule has 0 saturated heterocycles. The Morgan fingerprint density at radius 3 is 2.35 bits per heavy atom. The molecule has 0 fully saturated rings. The summed E-state index contributed by atoms with van der Waals surface area (Å²) >= 11 is 0. The van der Waals surface area contributed by atoms with Gasteiger partial charge in [-0.2, -0.15) is 13.2 Å². The fraction of sp³-hybridized carbons (Fsp3) is 0.235. The lowest BCUT2D eigenvalue weighted by Gasteiger charge is -2.23. The lowest BCUT2D eigenvalue weighted by atomic mass is 10.0. The van der Waals surface area contributed by atoms with E-state index in [2.05, 4.69) is 4.74 Å². The molecule has 0 radical (unpaired) electrons. The van der Waals surface area contributed by atoms with Crippen molar-refractivity contribution in [3.05, 3.63) is 59.2 Å². The summed E-state index contributed by atoms with van der Waals surface area (Å²) in [5.74, 6) is -0.687. The van der Waals surface area contributed by atoms with Crippen molar-refractivity contribution in [1.82, 2.24) is 0 Å². The van der Waals surface area contributed by atoms with Crippen LogP contribution in [0.15, 0.2) is 42.5 Å². The fourth-order valence-corrected chi connectivity index (χ4v) is 3.29. The zero-order valence-corrected chi connectivity index (χ0v) is 14.8. The summed E-state index contributed by atoms with van der Waals surface area (Å²) in [5, 5.41) is 0. The molecule has 0 aliphatic carbocycles. The molecule has 0 aliphatic rings. The Hall–Kier alpha value is -2.55. The van der Waals surface area contributed by atoms with Crippen molar-refractivity contribution in [2.45, 2.75) is 19.5 Å². The number of halogens is 3. The summed E-state index contributed by atoms with van der Waals surface area (Å²) in [7, 11) is -2.14. The number of rotatable bonds is 5. The van der Waals surface area contributed by atoms with Crippen LogP contribution in [0.25, 0.3) is 0 Å². The largest absolute Gasteiger partial charge is 0.465 e. The van der Waals surface area contributed by atoms with Gasteiger partial charge in [-0.15, -0.1) is 0 Å². The number of carbonyl (C=O) groups is 1. The number of methoxy groups -OCH3 is 1. The normalized spacial score (nSPS) is 11.5. The zero-order chi connectivity index (χ0) is 19.5. The Morgan fingerprint density at radius 2 is 1.81 bits per heavy atom. The average molecular weight is 387 g/mol. The van der Waals surface area contributed by atoms with E-state index in [-0.39, 0.29) is 28.9 Å². The molecule has 0 unspecified atom stereocenters. The van der Waals surface area contributed by atoms with Gasteiger partial charge in [0.25, 0.3) is 0 Å². The third-order valence-corrected chi connectivity index (χ3v) is 4.49. The van der Waals surface area contributed by atoms with Crippen molar-refractivity contribution in [2.75, 3.05) is 11.4 Å². The molecule has 2 aromatic carbocycles. The lowest BCUT2D eigenvalue weighted by molar-refractivity contribution is -0.138. The molecular formula is C17H16F3NO4S. The zero-order valence-electron chi connectivity index (χ0n) is 13.9. The van der Waals surface area contributed by atoms with E-state index >= 15 is 0 Å². The van der Waals surface area contributed by atoms with Gasteiger partial charge in [0.2, 0.25) is 10.9 Å². The predicted octanol–water partition coefficient (Wildman–Crippen LogP) is 3.72. The summed E-state index contributed by atoms with van der Waals surface area (Å²) in [5.41, 5.74) is -1.04. The number of carbonyl (C=O) groups excluding carboxylic acids is 1.